The quantitative estimate of drug-likeness (QED) is 0.888. The maximum absolute atomic E-state index is 11.9. The van der Waals surface area contributed by atoms with Gasteiger partial charge in [0.05, 0.1) is 6.54 Å². The summed E-state index contributed by atoms with van der Waals surface area (Å²) < 4.78 is 1.32. The first-order chi connectivity index (χ1) is 9.18. The first-order valence-electron chi connectivity index (χ1n) is 6.04. The van der Waals surface area contributed by atoms with E-state index in [2.05, 4.69) is 10.4 Å². The monoisotopic (exact) mass is 257 g/mol. The molecule has 98 valence electrons. The Morgan fingerprint density at radius 2 is 2.05 bits per heavy atom. The number of aromatic nitrogens is 2. The number of rotatable bonds is 4. The Bertz CT molecular complexity index is 634. The fraction of sp³-hybridized carbons (Fsp3) is 0.214. The van der Waals surface area contributed by atoms with Crippen LogP contribution in [0, 0.1) is 6.92 Å². The van der Waals surface area contributed by atoms with Gasteiger partial charge in [-0.15, -0.1) is 0 Å². The minimum absolute atomic E-state index is 0.137. The normalized spacial score (nSPS) is 10.2. The molecule has 0 unspecified atom stereocenters. The summed E-state index contributed by atoms with van der Waals surface area (Å²) >= 11 is 0. The zero-order valence-electron chi connectivity index (χ0n) is 10.7. The molecule has 0 radical (unpaired) electrons. The Morgan fingerprint density at radius 3 is 2.79 bits per heavy atom. The number of hydrogen-bond acceptors (Lipinski definition) is 3. The van der Waals surface area contributed by atoms with Crippen molar-refractivity contribution < 1.29 is 4.79 Å². The Kier molecular flexibility index (Phi) is 4.07. The molecule has 0 aliphatic rings. The fourth-order valence-corrected chi connectivity index (χ4v) is 1.75. The third-order valence-electron chi connectivity index (χ3n) is 2.78. The molecule has 5 nitrogen and oxygen atoms in total. The van der Waals surface area contributed by atoms with Crippen LogP contribution in [-0.2, 0) is 6.54 Å². The molecule has 2 rings (SSSR count). The number of carbonyl (C=O) groups excluding carboxylic acids is 1. The summed E-state index contributed by atoms with van der Waals surface area (Å²) in [6.07, 6.45) is 1.55. The molecule has 2 aromatic rings. The van der Waals surface area contributed by atoms with Crippen LogP contribution in [0.4, 0.5) is 0 Å². The van der Waals surface area contributed by atoms with E-state index >= 15 is 0 Å². The van der Waals surface area contributed by atoms with Gasteiger partial charge in [0.1, 0.15) is 0 Å². The molecule has 0 aliphatic carbocycles. The predicted octanol–water partition coefficient (Wildman–Crippen LogP) is 0.982. The SMILES string of the molecule is Cc1ccccc1C(=O)NCCn1ncccc1=O. The third-order valence-corrected chi connectivity index (χ3v) is 2.78. The predicted molar refractivity (Wildman–Crippen MR) is 72.0 cm³/mol. The summed E-state index contributed by atoms with van der Waals surface area (Å²) in [6.45, 7) is 2.61. The molecule has 1 aromatic carbocycles. The lowest BCUT2D eigenvalue weighted by Gasteiger charge is -2.08. The van der Waals surface area contributed by atoms with Gasteiger partial charge in [-0.25, -0.2) is 4.68 Å². The van der Waals surface area contributed by atoms with Crippen LogP contribution in [0.5, 0.6) is 0 Å². The minimum atomic E-state index is -0.173. The van der Waals surface area contributed by atoms with E-state index in [0.717, 1.165) is 5.56 Å². The van der Waals surface area contributed by atoms with E-state index in [9.17, 15) is 9.59 Å². The van der Waals surface area contributed by atoms with Crippen LogP contribution < -0.4 is 10.9 Å². The van der Waals surface area contributed by atoms with Crippen LogP contribution in [0.2, 0.25) is 0 Å². The fourth-order valence-electron chi connectivity index (χ4n) is 1.75. The molecule has 1 aromatic heterocycles. The van der Waals surface area contributed by atoms with E-state index < -0.39 is 0 Å². The second-order valence-electron chi connectivity index (χ2n) is 4.16. The number of carbonyl (C=O) groups is 1. The van der Waals surface area contributed by atoms with Gasteiger partial charge >= 0.3 is 0 Å². The second kappa shape index (κ2) is 5.95. The van der Waals surface area contributed by atoms with Gasteiger partial charge in [0.25, 0.3) is 11.5 Å². The molecule has 1 amide bonds. The van der Waals surface area contributed by atoms with Crippen molar-refractivity contribution in [2.45, 2.75) is 13.5 Å². The van der Waals surface area contributed by atoms with Crippen LogP contribution in [0.15, 0.2) is 47.4 Å². The highest BCUT2D eigenvalue weighted by atomic mass is 16.1. The number of amides is 1. The third kappa shape index (κ3) is 3.28. The molecule has 0 bridgehead atoms. The zero-order chi connectivity index (χ0) is 13.7. The molecule has 0 aliphatic heterocycles. The largest absolute Gasteiger partial charge is 0.350 e. The number of aryl methyl sites for hydroxylation is 1. The zero-order valence-corrected chi connectivity index (χ0v) is 10.7. The van der Waals surface area contributed by atoms with Gasteiger partial charge in [0.2, 0.25) is 0 Å². The van der Waals surface area contributed by atoms with E-state index in [1.165, 1.54) is 10.7 Å². The maximum atomic E-state index is 11.9. The van der Waals surface area contributed by atoms with Crippen molar-refractivity contribution in [2.24, 2.45) is 0 Å². The molecule has 1 N–H and O–H groups in total. The summed E-state index contributed by atoms with van der Waals surface area (Å²) in [5.41, 5.74) is 1.40. The average Bonchev–Trinajstić information content (AvgIpc) is 2.41. The standard InChI is InChI=1S/C14H15N3O2/c1-11-5-2-3-6-12(11)14(19)15-9-10-17-13(18)7-4-8-16-17/h2-8H,9-10H2,1H3,(H,15,19). The topological polar surface area (TPSA) is 64.0 Å². The molecule has 5 heteroatoms. The van der Waals surface area contributed by atoms with Gasteiger partial charge in [0, 0.05) is 24.4 Å². The number of benzene rings is 1. The molecule has 0 atom stereocenters. The second-order valence-corrected chi connectivity index (χ2v) is 4.16. The van der Waals surface area contributed by atoms with Crippen molar-refractivity contribution in [1.29, 1.82) is 0 Å². The molecule has 0 saturated carbocycles. The molecule has 0 saturated heterocycles. The van der Waals surface area contributed by atoms with E-state index in [0.29, 0.717) is 18.7 Å². The highest BCUT2D eigenvalue weighted by Gasteiger charge is 2.07. The average molecular weight is 257 g/mol. The van der Waals surface area contributed by atoms with Crippen LogP contribution in [0.3, 0.4) is 0 Å². The first-order valence-corrected chi connectivity index (χ1v) is 6.04. The van der Waals surface area contributed by atoms with Crippen molar-refractivity contribution in [3.05, 3.63) is 64.1 Å². The van der Waals surface area contributed by atoms with Gasteiger partial charge in [-0.05, 0) is 24.6 Å². The van der Waals surface area contributed by atoms with Crippen molar-refractivity contribution in [1.82, 2.24) is 15.1 Å². The number of hydrogen-bond donors (Lipinski definition) is 1. The lowest BCUT2D eigenvalue weighted by atomic mass is 10.1. The van der Waals surface area contributed by atoms with Crippen molar-refractivity contribution in [2.75, 3.05) is 6.54 Å². The van der Waals surface area contributed by atoms with Crippen molar-refractivity contribution in [3.63, 3.8) is 0 Å². The van der Waals surface area contributed by atoms with Gasteiger partial charge in [-0.1, -0.05) is 18.2 Å². The lowest BCUT2D eigenvalue weighted by Crippen LogP contribution is -2.31. The van der Waals surface area contributed by atoms with Crippen LogP contribution >= 0.6 is 0 Å². The molecular weight excluding hydrogens is 242 g/mol. The highest BCUT2D eigenvalue weighted by Crippen LogP contribution is 2.05. The van der Waals surface area contributed by atoms with Gasteiger partial charge < -0.3 is 5.32 Å². The van der Waals surface area contributed by atoms with Crippen LogP contribution in [0.1, 0.15) is 15.9 Å². The number of nitrogens with one attached hydrogen (secondary N) is 1. The van der Waals surface area contributed by atoms with Gasteiger partial charge in [-0.2, -0.15) is 5.10 Å². The lowest BCUT2D eigenvalue weighted by molar-refractivity contribution is 0.0951. The van der Waals surface area contributed by atoms with Crippen LogP contribution in [-0.4, -0.2) is 22.2 Å². The van der Waals surface area contributed by atoms with E-state index in [4.69, 9.17) is 0 Å². The Labute approximate surface area is 110 Å². The summed E-state index contributed by atoms with van der Waals surface area (Å²) in [4.78, 5) is 23.3. The maximum Gasteiger partial charge on any atom is 0.266 e. The van der Waals surface area contributed by atoms with E-state index in [1.54, 1.807) is 18.3 Å². The molecular formula is C14H15N3O2. The summed E-state index contributed by atoms with van der Waals surface area (Å²) in [6, 6.07) is 10.4. The first kappa shape index (κ1) is 13.0. The summed E-state index contributed by atoms with van der Waals surface area (Å²) in [7, 11) is 0. The summed E-state index contributed by atoms with van der Waals surface area (Å²) in [5, 5.41) is 6.70. The number of nitrogens with zero attached hydrogens (tertiary/aromatic N) is 2. The Morgan fingerprint density at radius 1 is 1.26 bits per heavy atom. The smallest absolute Gasteiger partial charge is 0.266 e. The Balaban J connectivity index is 1.94. The molecule has 19 heavy (non-hydrogen) atoms. The highest BCUT2D eigenvalue weighted by molar-refractivity contribution is 5.95. The minimum Gasteiger partial charge on any atom is -0.350 e. The van der Waals surface area contributed by atoms with Crippen molar-refractivity contribution >= 4 is 5.91 Å². The van der Waals surface area contributed by atoms with Crippen molar-refractivity contribution in [3.8, 4) is 0 Å². The Hall–Kier alpha value is -2.43. The summed E-state index contributed by atoms with van der Waals surface area (Å²) in [5.74, 6) is -0.137. The molecule has 0 spiro atoms. The van der Waals surface area contributed by atoms with E-state index in [1.807, 2.05) is 25.1 Å². The van der Waals surface area contributed by atoms with E-state index in [-0.39, 0.29) is 11.5 Å². The molecule has 0 fully saturated rings. The van der Waals surface area contributed by atoms with Gasteiger partial charge in [-0.3, -0.25) is 9.59 Å². The van der Waals surface area contributed by atoms with Gasteiger partial charge in [0.15, 0.2) is 0 Å². The molecule has 1 heterocycles. The van der Waals surface area contributed by atoms with Crippen LogP contribution in [0.25, 0.3) is 0 Å².